The number of aromatic nitrogens is 2. The van der Waals surface area contributed by atoms with Gasteiger partial charge in [0.1, 0.15) is 0 Å². The molecule has 5 aromatic carbocycles. The van der Waals surface area contributed by atoms with Gasteiger partial charge in [0.05, 0.1) is 40.1 Å². The van der Waals surface area contributed by atoms with Gasteiger partial charge < -0.3 is 4.57 Å². The molecule has 2 amide bonds. The van der Waals surface area contributed by atoms with E-state index in [0.717, 1.165) is 44.1 Å². The van der Waals surface area contributed by atoms with E-state index in [0.29, 0.717) is 28.2 Å². The second-order valence-electron chi connectivity index (χ2n) is 10.7. The molecule has 3 heterocycles. The van der Waals surface area contributed by atoms with Crippen LogP contribution in [-0.2, 0) is 0 Å². The topological polar surface area (TPSA) is 59.6 Å². The number of fused-ring (bicyclic) bond motifs is 4. The molecule has 0 N–H and O–H groups in total. The summed E-state index contributed by atoms with van der Waals surface area (Å²) in [5.74, 6) is -0.709. The van der Waals surface area contributed by atoms with Gasteiger partial charge in [0, 0.05) is 28.7 Å². The van der Waals surface area contributed by atoms with Crippen LogP contribution in [0.5, 0.6) is 0 Å². The first-order valence-corrected chi connectivity index (χ1v) is 14.2. The molecular formula is C38H22N4O2. The van der Waals surface area contributed by atoms with Gasteiger partial charge in [-0.25, -0.2) is 9.74 Å². The number of carbonyl (C=O) groups is 2. The largest absolute Gasteiger partial charge is 0.308 e. The minimum absolute atomic E-state index is 0.348. The van der Waals surface area contributed by atoms with Gasteiger partial charge in [-0.05, 0) is 53.1 Å². The molecule has 8 rings (SSSR count). The number of nitrogens with zero attached hydrogens (tertiary/aromatic N) is 4. The molecule has 0 saturated carbocycles. The molecule has 0 unspecified atom stereocenters. The van der Waals surface area contributed by atoms with E-state index in [1.165, 1.54) is 4.90 Å². The lowest BCUT2D eigenvalue weighted by atomic mass is 10.0. The van der Waals surface area contributed by atoms with Gasteiger partial charge in [-0.2, -0.15) is 0 Å². The third-order valence-corrected chi connectivity index (χ3v) is 8.22. The molecule has 0 radical (unpaired) electrons. The van der Waals surface area contributed by atoms with E-state index in [1.807, 2.05) is 97.1 Å². The van der Waals surface area contributed by atoms with Crippen molar-refractivity contribution in [2.45, 2.75) is 0 Å². The predicted octanol–water partition coefficient (Wildman–Crippen LogP) is 8.86. The Balaban J connectivity index is 1.35. The van der Waals surface area contributed by atoms with Crippen molar-refractivity contribution in [3.63, 3.8) is 0 Å². The fraction of sp³-hybridized carbons (Fsp3) is 0. The molecule has 0 fully saturated rings. The summed E-state index contributed by atoms with van der Waals surface area (Å²) >= 11 is 0. The Labute approximate surface area is 252 Å². The number of amides is 2. The lowest BCUT2D eigenvalue weighted by Gasteiger charge is -2.18. The Bertz CT molecular complexity index is 2350. The van der Waals surface area contributed by atoms with Gasteiger partial charge >= 0.3 is 0 Å². The minimum atomic E-state index is -0.361. The highest BCUT2D eigenvalue weighted by Gasteiger charge is 2.40. The third kappa shape index (κ3) is 3.77. The fourth-order valence-corrected chi connectivity index (χ4v) is 6.26. The molecule has 0 saturated heterocycles. The van der Waals surface area contributed by atoms with Crippen LogP contribution in [0.2, 0.25) is 0 Å². The zero-order valence-corrected chi connectivity index (χ0v) is 23.3. The number of rotatable bonds is 4. The Kier molecular flexibility index (Phi) is 5.71. The average Bonchev–Trinajstić information content (AvgIpc) is 3.55. The molecule has 1 aliphatic rings. The van der Waals surface area contributed by atoms with Crippen LogP contribution in [0.15, 0.2) is 134 Å². The monoisotopic (exact) mass is 566 g/mol. The van der Waals surface area contributed by atoms with Crippen LogP contribution in [0, 0.1) is 6.57 Å². The molecule has 7 aromatic rings. The fourth-order valence-electron chi connectivity index (χ4n) is 6.26. The van der Waals surface area contributed by atoms with Crippen molar-refractivity contribution in [1.29, 1.82) is 0 Å². The predicted molar refractivity (Wildman–Crippen MR) is 173 cm³/mol. The first kappa shape index (κ1) is 25.4. The molecular weight excluding hydrogens is 544 g/mol. The highest BCUT2D eigenvalue weighted by Crippen LogP contribution is 2.41. The number of anilines is 1. The number of hydrogen-bond donors (Lipinski definition) is 0. The van der Waals surface area contributed by atoms with Gasteiger partial charge in [-0.3, -0.25) is 14.6 Å². The van der Waals surface area contributed by atoms with Crippen LogP contribution in [0.1, 0.15) is 20.7 Å². The van der Waals surface area contributed by atoms with E-state index in [-0.39, 0.29) is 11.8 Å². The van der Waals surface area contributed by atoms with Crippen LogP contribution in [0.25, 0.3) is 54.6 Å². The molecule has 6 heteroatoms. The first-order valence-electron chi connectivity index (χ1n) is 14.2. The number of imide groups is 1. The lowest BCUT2D eigenvalue weighted by Crippen LogP contribution is -2.30. The maximum Gasteiger partial charge on any atom is 0.268 e. The van der Waals surface area contributed by atoms with Crippen molar-refractivity contribution in [2.24, 2.45) is 0 Å². The standard InChI is InChI=1S/C38H22N4O2/c1-39-27-20-26(22-40-23-27)25-18-19-30-29-13-6-8-16-33(29)41(35(30)21-25)34-17-9-14-31-36(34)38(44)42(37(31)43)32-15-7-5-12-28(32)24-10-3-2-4-11-24/h2-23H. The van der Waals surface area contributed by atoms with Crippen molar-refractivity contribution in [3.05, 3.63) is 156 Å². The van der Waals surface area contributed by atoms with Crippen LogP contribution in [-0.4, -0.2) is 21.4 Å². The third-order valence-electron chi connectivity index (χ3n) is 8.22. The summed E-state index contributed by atoms with van der Waals surface area (Å²) in [6.45, 7) is 7.42. The number of pyridine rings is 1. The maximum atomic E-state index is 14.4. The second-order valence-corrected chi connectivity index (χ2v) is 10.7. The number of para-hydroxylation sites is 2. The van der Waals surface area contributed by atoms with Crippen LogP contribution >= 0.6 is 0 Å². The quantitative estimate of drug-likeness (QED) is 0.158. The molecule has 0 aliphatic carbocycles. The average molecular weight is 567 g/mol. The molecule has 206 valence electrons. The molecule has 1 aliphatic heterocycles. The molecule has 6 nitrogen and oxygen atoms in total. The summed E-state index contributed by atoms with van der Waals surface area (Å²) in [6.07, 6.45) is 3.29. The Morgan fingerprint density at radius 3 is 2.16 bits per heavy atom. The minimum Gasteiger partial charge on any atom is -0.308 e. The SMILES string of the molecule is [C-]#[N+]c1cncc(-c2ccc3c4ccccc4n(-c4cccc5c4C(=O)N(c4ccccc4-c4ccccc4)C5=O)c3c2)c1. The molecule has 44 heavy (non-hydrogen) atoms. The van der Waals surface area contributed by atoms with Gasteiger partial charge in [0.2, 0.25) is 5.69 Å². The summed E-state index contributed by atoms with van der Waals surface area (Å²) in [6, 6.07) is 38.8. The van der Waals surface area contributed by atoms with Crippen molar-refractivity contribution >= 4 is 45.0 Å². The Hall–Kier alpha value is -6.32. The second kappa shape index (κ2) is 9.90. The Morgan fingerprint density at radius 1 is 0.568 bits per heavy atom. The van der Waals surface area contributed by atoms with Crippen molar-refractivity contribution in [2.75, 3.05) is 4.90 Å². The van der Waals surface area contributed by atoms with E-state index in [9.17, 15) is 9.59 Å². The molecule has 0 spiro atoms. The number of benzene rings is 5. The van der Waals surface area contributed by atoms with Crippen molar-refractivity contribution in [1.82, 2.24) is 9.55 Å². The van der Waals surface area contributed by atoms with Crippen LogP contribution < -0.4 is 4.90 Å². The van der Waals surface area contributed by atoms with Crippen LogP contribution in [0.3, 0.4) is 0 Å². The van der Waals surface area contributed by atoms with E-state index < -0.39 is 0 Å². The first-order chi connectivity index (χ1) is 21.6. The van der Waals surface area contributed by atoms with Gasteiger partial charge in [-0.1, -0.05) is 84.9 Å². The number of carbonyl (C=O) groups excluding carboxylic acids is 2. The van der Waals surface area contributed by atoms with E-state index >= 15 is 0 Å². The summed E-state index contributed by atoms with van der Waals surface area (Å²) in [4.78, 5) is 37.5. The summed E-state index contributed by atoms with van der Waals surface area (Å²) in [5.41, 5.74) is 7.63. The van der Waals surface area contributed by atoms with E-state index in [2.05, 4.69) is 32.6 Å². The number of hydrogen-bond acceptors (Lipinski definition) is 3. The van der Waals surface area contributed by atoms with Gasteiger partial charge in [0.25, 0.3) is 11.8 Å². The van der Waals surface area contributed by atoms with Crippen molar-refractivity contribution < 1.29 is 9.59 Å². The summed E-state index contributed by atoms with van der Waals surface area (Å²) < 4.78 is 2.07. The molecule has 2 aromatic heterocycles. The molecule has 0 bridgehead atoms. The molecule has 0 atom stereocenters. The normalized spacial score (nSPS) is 12.6. The van der Waals surface area contributed by atoms with Crippen molar-refractivity contribution in [3.8, 4) is 27.9 Å². The lowest BCUT2D eigenvalue weighted by molar-refractivity contribution is 0.0926. The zero-order chi connectivity index (χ0) is 29.8. The highest BCUT2D eigenvalue weighted by atomic mass is 16.2. The summed E-state index contributed by atoms with van der Waals surface area (Å²) in [7, 11) is 0. The van der Waals surface area contributed by atoms with Gasteiger partial charge in [-0.15, -0.1) is 0 Å². The van der Waals surface area contributed by atoms with E-state index in [1.54, 1.807) is 18.5 Å². The summed E-state index contributed by atoms with van der Waals surface area (Å²) in [5, 5.41) is 2.04. The highest BCUT2D eigenvalue weighted by molar-refractivity contribution is 6.36. The zero-order valence-electron chi connectivity index (χ0n) is 23.3. The van der Waals surface area contributed by atoms with Crippen LogP contribution in [0.4, 0.5) is 11.4 Å². The Morgan fingerprint density at radius 2 is 1.30 bits per heavy atom. The van der Waals surface area contributed by atoms with Gasteiger partial charge in [0.15, 0.2) is 0 Å². The smallest absolute Gasteiger partial charge is 0.268 e. The van der Waals surface area contributed by atoms with E-state index in [4.69, 9.17) is 6.57 Å². The maximum absolute atomic E-state index is 14.4.